The van der Waals surface area contributed by atoms with Gasteiger partial charge in [0.05, 0.1) is 17.6 Å². The van der Waals surface area contributed by atoms with Crippen LogP contribution in [0.2, 0.25) is 0 Å². The first kappa shape index (κ1) is 19.2. The summed E-state index contributed by atoms with van der Waals surface area (Å²) in [4.78, 5) is 13.0. The molecule has 4 nitrogen and oxygen atoms in total. The van der Waals surface area contributed by atoms with E-state index in [4.69, 9.17) is 0 Å². The fraction of sp³-hybridized carbons (Fsp3) is 0.0833. The molecule has 4 aromatic rings. The third-order valence-electron chi connectivity index (χ3n) is 4.79. The lowest BCUT2D eigenvalue weighted by Crippen LogP contribution is -2.44. The number of hydrogen-bond donors (Lipinski definition) is 0. The molecule has 5 heteroatoms. The van der Waals surface area contributed by atoms with Gasteiger partial charge in [0.15, 0.2) is 0 Å². The Kier molecular flexibility index (Phi) is 5.58. The van der Waals surface area contributed by atoms with Crippen LogP contribution in [0.25, 0.3) is 11.7 Å². The Morgan fingerprint density at radius 3 is 2.45 bits per heavy atom. The minimum absolute atomic E-state index is 0.245. The maximum Gasteiger partial charge on any atom is 0.345 e. The largest absolute Gasteiger partial charge is 0.842 e. The van der Waals surface area contributed by atoms with Gasteiger partial charge in [-0.2, -0.15) is 4.40 Å². The second-order valence-electron chi connectivity index (χ2n) is 6.74. The minimum Gasteiger partial charge on any atom is -0.842 e. The molecule has 0 atom stereocenters. The molecule has 0 aliphatic rings. The quantitative estimate of drug-likeness (QED) is 0.438. The molecule has 0 aliphatic heterocycles. The first-order chi connectivity index (χ1) is 14.1. The predicted octanol–water partition coefficient (Wildman–Crippen LogP) is 3.73. The van der Waals surface area contributed by atoms with Crippen LogP contribution in [0.3, 0.4) is 0 Å². The van der Waals surface area contributed by atoms with E-state index < -0.39 is 0 Å². The maximum atomic E-state index is 13.2. The monoisotopic (exact) mass is 446 g/mol. The van der Waals surface area contributed by atoms with Crippen molar-refractivity contribution < 1.29 is 9.67 Å². The number of allylic oxidation sites excluding steroid dienone is 1. The highest BCUT2D eigenvalue weighted by Gasteiger charge is 2.17. The summed E-state index contributed by atoms with van der Waals surface area (Å²) < 4.78 is 4.21. The van der Waals surface area contributed by atoms with Gasteiger partial charge in [0.1, 0.15) is 6.54 Å². The average Bonchev–Trinajstić information content (AvgIpc) is 2.75. The smallest absolute Gasteiger partial charge is 0.345 e. The summed E-state index contributed by atoms with van der Waals surface area (Å²) in [6, 6.07) is 23.0. The number of nitrogens with zero attached hydrogens (tertiary/aromatic N) is 2. The Bertz CT molecular complexity index is 1230. The zero-order chi connectivity index (χ0) is 20.2. The van der Waals surface area contributed by atoms with Gasteiger partial charge in [0.25, 0.3) is 5.65 Å². The van der Waals surface area contributed by atoms with Crippen molar-refractivity contribution in [2.24, 2.45) is 0 Å². The van der Waals surface area contributed by atoms with Crippen LogP contribution in [0.4, 0.5) is 0 Å². The number of hydrogen-bond acceptors (Lipinski definition) is 2. The summed E-state index contributed by atoms with van der Waals surface area (Å²) >= 11 is 3.43. The molecule has 0 amide bonds. The maximum absolute atomic E-state index is 13.2. The first-order valence-electron chi connectivity index (χ1n) is 9.32. The molecule has 0 N–H and O–H groups in total. The average molecular weight is 447 g/mol. The summed E-state index contributed by atoms with van der Waals surface area (Å²) in [5, 5.41) is 13.2. The van der Waals surface area contributed by atoms with Crippen molar-refractivity contribution >= 4 is 27.7 Å². The molecule has 0 bridgehead atoms. The number of aromatic nitrogens is 2. The highest BCUT2D eigenvalue weighted by molar-refractivity contribution is 9.10. The van der Waals surface area contributed by atoms with E-state index in [1.807, 2.05) is 72.8 Å². The van der Waals surface area contributed by atoms with Gasteiger partial charge < -0.3 is 5.11 Å². The van der Waals surface area contributed by atoms with Crippen molar-refractivity contribution in [3.05, 3.63) is 117 Å². The highest BCUT2D eigenvalue weighted by atomic mass is 79.9. The van der Waals surface area contributed by atoms with Crippen LogP contribution >= 0.6 is 15.9 Å². The zero-order valence-corrected chi connectivity index (χ0v) is 17.2. The molecular formula is C24H19BrN2O2. The van der Waals surface area contributed by atoms with E-state index in [9.17, 15) is 9.90 Å². The topological polar surface area (TPSA) is 48.4 Å². The van der Waals surface area contributed by atoms with Gasteiger partial charge in [0.2, 0.25) is 0 Å². The van der Waals surface area contributed by atoms with Crippen LogP contribution in [-0.2, 0) is 13.0 Å². The fourth-order valence-corrected chi connectivity index (χ4v) is 3.59. The number of fused-ring (bicyclic) bond motifs is 1. The molecule has 29 heavy (non-hydrogen) atoms. The van der Waals surface area contributed by atoms with Crippen LogP contribution < -0.4 is 15.2 Å². The summed E-state index contributed by atoms with van der Waals surface area (Å²) in [5.41, 5.74) is 2.58. The molecule has 0 unspecified atom stereocenters. The van der Waals surface area contributed by atoms with Crippen LogP contribution in [0.5, 0.6) is 5.88 Å². The Labute approximate surface area is 177 Å². The van der Waals surface area contributed by atoms with Gasteiger partial charge in [-0.1, -0.05) is 70.5 Å². The van der Waals surface area contributed by atoms with Gasteiger partial charge in [0, 0.05) is 17.0 Å². The van der Waals surface area contributed by atoms with E-state index in [1.165, 1.54) is 0 Å². The lowest BCUT2D eigenvalue weighted by molar-refractivity contribution is -0.708. The second kappa shape index (κ2) is 8.45. The molecule has 144 valence electrons. The summed E-state index contributed by atoms with van der Waals surface area (Å²) in [6.07, 6.45) is 5.93. The van der Waals surface area contributed by atoms with Crippen molar-refractivity contribution in [1.29, 1.82) is 0 Å². The molecule has 2 aromatic carbocycles. The van der Waals surface area contributed by atoms with E-state index >= 15 is 0 Å². The molecule has 0 saturated carbocycles. The SMILES string of the molecule is O=c1c(Cc2ccccc2)c([O-])[n+](C/C=C/c2ccc(Br)cc2)c2ccccn12. The molecule has 0 spiro atoms. The van der Waals surface area contributed by atoms with Gasteiger partial charge >= 0.3 is 5.56 Å². The van der Waals surface area contributed by atoms with Crippen molar-refractivity contribution in [3.8, 4) is 5.88 Å². The molecule has 2 heterocycles. The van der Waals surface area contributed by atoms with Crippen LogP contribution in [-0.4, -0.2) is 4.40 Å². The van der Waals surface area contributed by atoms with E-state index in [2.05, 4.69) is 15.9 Å². The minimum atomic E-state index is -0.261. The second-order valence-corrected chi connectivity index (χ2v) is 7.66. The van der Waals surface area contributed by atoms with E-state index in [0.717, 1.165) is 15.6 Å². The van der Waals surface area contributed by atoms with E-state index in [1.54, 1.807) is 27.3 Å². The number of benzene rings is 2. The molecular weight excluding hydrogens is 428 g/mol. The van der Waals surface area contributed by atoms with Crippen molar-refractivity contribution in [2.75, 3.05) is 0 Å². The normalized spacial score (nSPS) is 11.3. The van der Waals surface area contributed by atoms with Crippen LogP contribution in [0.1, 0.15) is 16.7 Å². The molecule has 0 fully saturated rings. The van der Waals surface area contributed by atoms with E-state index in [-0.39, 0.29) is 17.0 Å². The summed E-state index contributed by atoms with van der Waals surface area (Å²) in [5.74, 6) is -0.245. The van der Waals surface area contributed by atoms with Crippen molar-refractivity contribution in [3.63, 3.8) is 0 Å². The van der Waals surface area contributed by atoms with Gasteiger partial charge in [-0.3, -0.25) is 0 Å². The highest BCUT2D eigenvalue weighted by Crippen LogP contribution is 2.14. The van der Waals surface area contributed by atoms with Crippen molar-refractivity contribution in [2.45, 2.75) is 13.0 Å². The summed E-state index contributed by atoms with van der Waals surface area (Å²) in [6.45, 7) is 0.379. The molecule has 0 aliphatic carbocycles. The van der Waals surface area contributed by atoms with Gasteiger partial charge in [-0.15, -0.1) is 0 Å². The van der Waals surface area contributed by atoms with Gasteiger partial charge in [-0.25, -0.2) is 9.36 Å². The summed E-state index contributed by atoms with van der Waals surface area (Å²) in [7, 11) is 0. The third kappa shape index (κ3) is 4.15. The Morgan fingerprint density at radius 2 is 1.69 bits per heavy atom. The lowest BCUT2D eigenvalue weighted by atomic mass is 10.1. The van der Waals surface area contributed by atoms with Crippen LogP contribution in [0, 0.1) is 0 Å². The van der Waals surface area contributed by atoms with Crippen LogP contribution in [0.15, 0.2) is 94.3 Å². The predicted molar refractivity (Wildman–Crippen MR) is 116 cm³/mol. The Morgan fingerprint density at radius 1 is 0.966 bits per heavy atom. The molecule has 0 saturated heterocycles. The zero-order valence-electron chi connectivity index (χ0n) is 15.7. The molecule has 2 aromatic heterocycles. The number of rotatable bonds is 5. The Balaban J connectivity index is 1.76. The van der Waals surface area contributed by atoms with E-state index in [0.29, 0.717) is 18.6 Å². The van der Waals surface area contributed by atoms with Gasteiger partial charge in [-0.05, 0) is 35.4 Å². The lowest BCUT2D eigenvalue weighted by Gasteiger charge is -2.16. The fourth-order valence-electron chi connectivity index (χ4n) is 3.33. The third-order valence-corrected chi connectivity index (χ3v) is 5.32. The number of halogens is 1. The first-order valence-corrected chi connectivity index (χ1v) is 10.1. The molecule has 4 rings (SSSR count). The van der Waals surface area contributed by atoms with Crippen molar-refractivity contribution in [1.82, 2.24) is 4.40 Å². The Hall–Kier alpha value is -3.18. The molecule has 0 radical (unpaired) electrons. The number of pyridine rings is 1. The standard InChI is InChI=1S/C24H19BrN2O2/c25-20-13-11-18(12-14-20)9-6-16-27-22-10-4-5-15-26(22)23(28)21(24(27)29)17-19-7-2-1-3-8-19/h1-15H,16-17H2/b9-6+.